The summed E-state index contributed by atoms with van der Waals surface area (Å²) < 4.78 is 5.81. The Hall–Kier alpha value is -0.180. The van der Waals surface area contributed by atoms with Crippen molar-refractivity contribution in [3.63, 3.8) is 0 Å². The first-order valence-electron chi connectivity index (χ1n) is 7.20. The molecule has 0 bridgehead atoms. The van der Waals surface area contributed by atoms with Gasteiger partial charge in [0.15, 0.2) is 0 Å². The lowest BCUT2D eigenvalue weighted by Crippen LogP contribution is -2.62. The number of ether oxygens (including phenoxy) is 1. The van der Waals surface area contributed by atoms with Crippen LogP contribution < -0.4 is 10.6 Å². The van der Waals surface area contributed by atoms with Crippen LogP contribution in [0, 0.1) is 12.3 Å². The molecule has 1 spiro atoms. The van der Waals surface area contributed by atoms with Gasteiger partial charge in [-0.2, -0.15) is 0 Å². The second kappa shape index (κ2) is 8.08. The van der Waals surface area contributed by atoms with E-state index in [-0.39, 0.29) is 42.4 Å². The van der Waals surface area contributed by atoms with E-state index in [2.05, 4.69) is 15.1 Å². The molecular formula is C13H24Cl2N4O2S. The molecular weight excluding hydrogens is 347 g/mol. The highest BCUT2D eigenvalue weighted by molar-refractivity contribution is 7.15. The number of nitrogens with zero attached hydrogens (tertiary/aromatic N) is 3. The van der Waals surface area contributed by atoms with Gasteiger partial charge in [-0.15, -0.1) is 35.0 Å². The fraction of sp³-hybridized carbons (Fsp3) is 0.846. The fourth-order valence-electron chi connectivity index (χ4n) is 3.35. The molecule has 1 aliphatic carbocycles. The van der Waals surface area contributed by atoms with E-state index in [1.165, 1.54) is 0 Å². The summed E-state index contributed by atoms with van der Waals surface area (Å²) in [7, 11) is 0. The molecule has 0 amide bonds. The molecule has 128 valence electrons. The van der Waals surface area contributed by atoms with Crippen molar-refractivity contribution in [3.8, 4) is 0 Å². The van der Waals surface area contributed by atoms with Crippen molar-refractivity contribution in [1.29, 1.82) is 0 Å². The summed E-state index contributed by atoms with van der Waals surface area (Å²) in [5, 5.41) is 20.5. The molecule has 1 aromatic rings. The number of rotatable bonds is 4. The van der Waals surface area contributed by atoms with E-state index < -0.39 is 0 Å². The Morgan fingerprint density at radius 3 is 2.55 bits per heavy atom. The van der Waals surface area contributed by atoms with Crippen molar-refractivity contribution < 1.29 is 9.84 Å². The summed E-state index contributed by atoms with van der Waals surface area (Å²) >= 11 is 1.63. The van der Waals surface area contributed by atoms with Gasteiger partial charge < -0.3 is 20.5 Å². The average molecular weight is 371 g/mol. The Bertz CT molecular complexity index is 469. The zero-order chi connectivity index (χ0) is 14.2. The van der Waals surface area contributed by atoms with E-state index in [1.54, 1.807) is 11.3 Å². The van der Waals surface area contributed by atoms with Crippen molar-refractivity contribution in [3.05, 3.63) is 5.01 Å². The molecule has 3 N–H and O–H groups in total. The van der Waals surface area contributed by atoms with E-state index in [4.69, 9.17) is 10.5 Å². The Kier molecular flexibility index (Phi) is 7.29. The first-order chi connectivity index (χ1) is 9.65. The van der Waals surface area contributed by atoms with Gasteiger partial charge in [0.25, 0.3) is 0 Å². The third-order valence-electron chi connectivity index (χ3n) is 4.66. The van der Waals surface area contributed by atoms with Gasteiger partial charge in [-0.1, -0.05) is 11.3 Å². The van der Waals surface area contributed by atoms with Crippen LogP contribution in [-0.2, 0) is 4.74 Å². The highest BCUT2D eigenvalue weighted by atomic mass is 35.5. The normalized spacial score (nSPS) is 26.0. The van der Waals surface area contributed by atoms with E-state index in [0.29, 0.717) is 13.2 Å². The lowest BCUT2D eigenvalue weighted by atomic mass is 9.58. The number of halogens is 2. The second-order valence-electron chi connectivity index (χ2n) is 5.72. The van der Waals surface area contributed by atoms with Crippen LogP contribution in [0.5, 0.6) is 0 Å². The van der Waals surface area contributed by atoms with Gasteiger partial charge in [0.2, 0.25) is 5.13 Å². The predicted molar refractivity (Wildman–Crippen MR) is 92.4 cm³/mol. The van der Waals surface area contributed by atoms with Gasteiger partial charge in [-0.3, -0.25) is 0 Å². The Labute approximate surface area is 147 Å². The highest BCUT2D eigenvalue weighted by Crippen LogP contribution is 2.51. The van der Waals surface area contributed by atoms with Gasteiger partial charge >= 0.3 is 0 Å². The maximum absolute atomic E-state index is 10.2. The summed E-state index contributed by atoms with van der Waals surface area (Å²) in [6.07, 6.45) is 2.57. The van der Waals surface area contributed by atoms with Crippen LogP contribution in [0.4, 0.5) is 5.13 Å². The molecule has 0 unspecified atom stereocenters. The molecule has 0 radical (unpaired) electrons. The predicted octanol–water partition coefficient (Wildman–Crippen LogP) is 1.39. The molecule has 22 heavy (non-hydrogen) atoms. The van der Waals surface area contributed by atoms with Crippen molar-refractivity contribution in [2.75, 3.05) is 31.1 Å². The van der Waals surface area contributed by atoms with Crippen molar-refractivity contribution in [1.82, 2.24) is 10.2 Å². The maximum Gasteiger partial charge on any atom is 0.208 e. The number of aromatic nitrogens is 2. The number of piperidine rings is 1. The third-order valence-corrected chi connectivity index (χ3v) is 5.56. The van der Waals surface area contributed by atoms with Crippen molar-refractivity contribution in [2.45, 2.75) is 38.4 Å². The summed E-state index contributed by atoms with van der Waals surface area (Å²) in [6.45, 7) is 4.92. The smallest absolute Gasteiger partial charge is 0.208 e. The van der Waals surface area contributed by atoms with Crippen LogP contribution >= 0.6 is 36.2 Å². The van der Waals surface area contributed by atoms with E-state index in [1.807, 2.05) is 6.92 Å². The van der Waals surface area contributed by atoms with Crippen LogP contribution in [0.25, 0.3) is 0 Å². The lowest BCUT2D eigenvalue weighted by molar-refractivity contribution is -0.200. The van der Waals surface area contributed by atoms with Crippen LogP contribution in [-0.4, -0.2) is 53.8 Å². The largest absolute Gasteiger partial charge is 0.392 e. The summed E-state index contributed by atoms with van der Waals surface area (Å²) in [5.41, 5.74) is 5.43. The maximum atomic E-state index is 10.2. The zero-order valence-corrected chi connectivity index (χ0v) is 15.1. The van der Waals surface area contributed by atoms with Gasteiger partial charge in [0.1, 0.15) is 5.01 Å². The average Bonchev–Trinajstić information content (AvgIpc) is 2.90. The topological polar surface area (TPSA) is 84.5 Å². The highest BCUT2D eigenvalue weighted by Gasteiger charge is 2.56. The zero-order valence-electron chi connectivity index (χ0n) is 12.6. The first-order valence-corrected chi connectivity index (χ1v) is 8.02. The van der Waals surface area contributed by atoms with Gasteiger partial charge in [0, 0.05) is 31.5 Å². The molecule has 1 saturated carbocycles. The van der Waals surface area contributed by atoms with E-state index in [0.717, 1.165) is 42.5 Å². The summed E-state index contributed by atoms with van der Waals surface area (Å²) in [5.74, 6) is 0. The number of nitrogens with two attached hydrogens (primary N) is 1. The number of hydrogen-bond donors (Lipinski definition) is 2. The first kappa shape index (κ1) is 19.9. The quantitative estimate of drug-likeness (QED) is 0.832. The summed E-state index contributed by atoms with van der Waals surface area (Å²) in [6, 6.07) is 0. The summed E-state index contributed by atoms with van der Waals surface area (Å²) in [4.78, 5) is 2.26. The third kappa shape index (κ3) is 3.49. The number of hydrogen-bond acceptors (Lipinski definition) is 7. The molecule has 9 heteroatoms. The molecule has 2 heterocycles. The molecule has 1 aromatic heterocycles. The van der Waals surface area contributed by atoms with Crippen LogP contribution in [0.15, 0.2) is 0 Å². The van der Waals surface area contributed by atoms with Crippen molar-refractivity contribution >= 4 is 41.3 Å². The van der Waals surface area contributed by atoms with Gasteiger partial charge in [-0.25, -0.2) is 0 Å². The van der Waals surface area contributed by atoms with Gasteiger partial charge in [0.05, 0.1) is 18.8 Å². The van der Waals surface area contributed by atoms with Crippen LogP contribution in [0.3, 0.4) is 0 Å². The molecule has 0 aromatic carbocycles. The Balaban J connectivity index is 0.00000121. The second-order valence-corrected chi connectivity index (χ2v) is 6.88. The van der Waals surface area contributed by atoms with Gasteiger partial charge in [-0.05, 0) is 19.8 Å². The van der Waals surface area contributed by atoms with E-state index in [9.17, 15) is 5.11 Å². The minimum Gasteiger partial charge on any atom is -0.392 e. The fourth-order valence-corrected chi connectivity index (χ4v) is 4.09. The molecule has 2 fully saturated rings. The number of aliphatic hydroxyl groups is 1. The Morgan fingerprint density at radius 2 is 2.05 bits per heavy atom. The Morgan fingerprint density at radius 1 is 1.36 bits per heavy atom. The molecule has 1 saturated heterocycles. The molecule has 2 aliphatic rings. The monoisotopic (exact) mass is 370 g/mol. The van der Waals surface area contributed by atoms with Crippen LogP contribution in [0.2, 0.25) is 0 Å². The van der Waals surface area contributed by atoms with Crippen molar-refractivity contribution in [2.24, 2.45) is 11.1 Å². The molecule has 3 rings (SSSR count). The molecule has 2 atom stereocenters. The number of aryl methyl sites for hydroxylation is 1. The lowest BCUT2D eigenvalue weighted by Gasteiger charge is -2.56. The van der Waals surface area contributed by atoms with Crippen LogP contribution in [0.1, 0.15) is 24.3 Å². The minimum atomic E-state index is -0.233. The number of aliphatic hydroxyl groups excluding tert-OH is 1. The standard InChI is InChI=1S/C13H22N4O2S.2ClH/c1-9-15-16-12(20-9)17-5-2-13(3-6-17)10(18)8-11(13)19-7-4-14;;/h10-11,18H,2-8,14H2,1H3;2*1H/t10-,11+;;/m1../s1. The SMILES string of the molecule is Cc1nnc(N2CCC3(CC2)[C@H](O)C[C@@H]3OCCN)s1.Cl.Cl. The molecule has 1 aliphatic heterocycles. The molecule has 6 nitrogen and oxygen atoms in total. The van der Waals surface area contributed by atoms with E-state index >= 15 is 0 Å². The minimum absolute atomic E-state index is 0. The number of anilines is 1.